The van der Waals surface area contributed by atoms with Crippen LogP contribution in [0, 0.1) is 17.8 Å². The van der Waals surface area contributed by atoms with Crippen LogP contribution in [0.5, 0.6) is 0 Å². The highest BCUT2D eigenvalue weighted by Gasteiger charge is 2.17. The molecule has 1 aromatic heterocycles. The number of pyridine rings is 1. The molecule has 0 spiro atoms. The van der Waals surface area contributed by atoms with E-state index < -0.39 is 0 Å². The van der Waals surface area contributed by atoms with Gasteiger partial charge in [0.25, 0.3) is 5.91 Å². The van der Waals surface area contributed by atoms with Crippen molar-refractivity contribution in [2.45, 2.75) is 20.8 Å². The van der Waals surface area contributed by atoms with Crippen molar-refractivity contribution < 1.29 is 4.79 Å². The number of aromatic nitrogens is 1. The minimum absolute atomic E-state index is 0.0000728. The van der Waals surface area contributed by atoms with Crippen LogP contribution >= 0.6 is 0 Å². The first kappa shape index (κ1) is 15.2. The molecule has 0 atom stereocenters. The van der Waals surface area contributed by atoms with Crippen molar-refractivity contribution in [1.82, 2.24) is 9.88 Å². The molecule has 102 valence electrons. The molecule has 0 bridgehead atoms. The van der Waals surface area contributed by atoms with E-state index in [4.69, 9.17) is 5.73 Å². The Labute approximate surface area is 115 Å². The lowest BCUT2D eigenvalue weighted by molar-refractivity contribution is 0.0745. The lowest BCUT2D eigenvalue weighted by Gasteiger charge is -2.23. The summed E-state index contributed by atoms with van der Waals surface area (Å²) in [6.07, 6.45) is 3.23. The van der Waals surface area contributed by atoms with E-state index in [1.54, 1.807) is 18.5 Å². The highest BCUT2D eigenvalue weighted by Crippen LogP contribution is 2.11. The van der Waals surface area contributed by atoms with Crippen molar-refractivity contribution in [3.05, 3.63) is 29.6 Å². The van der Waals surface area contributed by atoms with Crippen LogP contribution in [0.1, 0.15) is 36.7 Å². The summed E-state index contributed by atoms with van der Waals surface area (Å²) in [5.41, 5.74) is 6.60. The fourth-order valence-electron chi connectivity index (χ4n) is 1.79. The minimum Gasteiger partial charge on any atom is -0.339 e. The van der Waals surface area contributed by atoms with Crippen LogP contribution in [0.4, 0.5) is 0 Å². The van der Waals surface area contributed by atoms with Gasteiger partial charge < -0.3 is 10.6 Å². The summed E-state index contributed by atoms with van der Waals surface area (Å²) >= 11 is 0. The summed E-state index contributed by atoms with van der Waals surface area (Å²) in [6, 6.07) is 1.71. The van der Waals surface area contributed by atoms with Crippen molar-refractivity contribution in [3.8, 4) is 11.8 Å². The number of rotatable bonds is 4. The Hall–Kier alpha value is -1.86. The summed E-state index contributed by atoms with van der Waals surface area (Å²) in [6.45, 7) is 7.86. The van der Waals surface area contributed by atoms with Crippen molar-refractivity contribution in [1.29, 1.82) is 0 Å². The summed E-state index contributed by atoms with van der Waals surface area (Å²) in [7, 11) is 0. The molecule has 1 aromatic rings. The first-order valence-corrected chi connectivity index (χ1v) is 6.52. The number of nitrogens with two attached hydrogens (primary N) is 1. The molecular formula is C15H21N3O. The molecule has 19 heavy (non-hydrogen) atoms. The number of hydrogen-bond acceptors (Lipinski definition) is 3. The van der Waals surface area contributed by atoms with Crippen LogP contribution in [0.2, 0.25) is 0 Å². The number of nitrogens with zero attached hydrogens (tertiary/aromatic N) is 2. The Morgan fingerprint density at radius 3 is 2.84 bits per heavy atom. The topological polar surface area (TPSA) is 59.2 Å². The third-order valence-electron chi connectivity index (χ3n) is 2.63. The number of carbonyl (C=O) groups excluding carboxylic acids is 1. The quantitative estimate of drug-likeness (QED) is 0.834. The molecule has 0 aromatic carbocycles. The number of carbonyl (C=O) groups is 1. The van der Waals surface area contributed by atoms with Gasteiger partial charge in [0.05, 0.1) is 17.7 Å². The maximum absolute atomic E-state index is 12.5. The summed E-state index contributed by atoms with van der Waals surface area (Å²) in [4.78, 5) is 18.3. The molecule has 1 amide bonds. The van der Waals surface area contributed by atoms with E-state index in [9.17, 15) is 4.79 Å². The monoisotopic (exact) mass is 259 g/mol. The van der Waals surface area contributed by atoms with Crippen molar-refractivity contribution in [2.75, 3.05) is 19.6 Å². The van der Waals surface area contributed by atoms with Crippen LogP contribution in [-0.2, 0) is 0 Å². The van der Waals surface area contributed by atoms with Crippen LogP contribution in [0.25, 0.3) is 0 Å². The Kier molecular flexibility index (Phi) is 6.04. The third-order valence-corrected chi connectivity index (χ3v) is 2.63. The molecule has 0 aliphatic heterocycles. The lowest BCUT2D eigenvalue weighted by Crippen LogP contribution is -2.34. The van der Waals surface area contributed by atoms with Crippen LogP contribution in [0.3, 0.4) is 0 Å². The largest absolute Gasteiger partial charge is 0.339 e. The van der Waals surface area contributed by atoms with Gasteiger partial charge in [-0.05, 0) is 18.9 Å². The van der Waals surface area contributed by atoms with Gasteiger partial charge in [0.2, 0.25) is 0 Å². The molecule has 0 fully saturated rings. The molecule has 0 radical (unpaired) electrons. The van der Waals surface area contributed by atoms with E-state index in [1.807, 2.05) is 11.8 Å². The van der Waals surface area contributed by atoms with Gasteiger partial charge in [-0.3, -0.25) is 9.78 Å². The van der Waals surface area contributed by atoms with Gasteiger partial charge in [-0.15, -0.1) is 0 Å². The first-order chi connectivity index (χ1) is 9.10. The van der Waals surface area contributed by atoms with Gasteiger partial charge >= 0.3 is 0 Å². The van der Waals surface area contributed by atoms with Gasteiger partial charge in [-0.2, -0.15) is 0 Å². The minimum atomic E-state index is -0.0000728. The zero-order valence-corrected chi connectivity index (χ0v) is 11.8. The number of hydrogen-bond donors (Lipinski definition) is 1. The van der Waals surface area contributed by atoms with Gasteiger partial charge in [-0.25, -0.2) is 0 Å². The van der Waals surface area contributed by atoms with Gasteiger partial charge in [0.1, 0.15) is 0 Å². The smallest absolute Gasteiger partial charge is 0.255 e. The van der Waals surface area contributed by atoms with Crippen LogP contribution in [0.15, 0.2) is 18.5 Å². The Morgan fingerprint density at radius 2 is 2.26 bits per heavy atom. The van der Waals surface area contributed by atoms with Crippen LogP contribution in [-0.4, -0.2) is 35.4 Å². The molecular weight excluding hydrogens is 238 g/mol. The SMILES string of the molecule is CCN(CC(C)C)C(=O)c1ccncc1C#CCN. The predicted molar refractivity (Wildman–Crippen MR) is 76.6 cm³/mol. The molecule has 0 unspecified atom stereocenters. The Balaban J connectivity index is 3.04. The van der Waals surface area contributed by atoms with Gasteiger partial charge in [0.15, 0.2) is 0 Å². The molecule has 4 heteroatoms. The summed E-state index contributed by atoms with van der Waals surface area (Å²) < 4.78 is 0. The van der Waals surface area contributed by atoms with Gasteiger partial charge in [-0.1, -0.05) is 25.7 Å². The van der Waals surface area contributed by atoms with E-state index in [1.165, 1.54) is 0 Å². The Bertz CT molecular complexity index is 486. The molecule has 0 saturated heterocycles. The van der Waals surface area contributed by atoms with E-state index in [-0.39, 0.29) is 12.5 Å². The third kappa shape index (κ3) is 4.38. The van der Waals surface area contributed by atoms with Gasteiger partial charge in [0, 0.05) is 25.5 Å². The molecule has 4 nitrogen and oxygen atoms in total. The fraction of sp³-hybridized carbons (Fsp3) is 0.467. The molecule has 2 N–H and O–H groups in total. The highest BCUT2D eigenvalue weighted by molar-refractivity contribution is 5.96. The lowest BCUT2D eigenvalue weighted by atomic mass is 10.1. The standard InChI is InChI=1S/C15H21N3O/c1-4-18(11-12(2)3)15(19)14-7-9-17-10-13(14)6-5-8-16/h7,9-10,12H,4,8,11,16H2,1-3H3. The van der Waals surface area contributed by atoms with E-state index in [2.05, 4.69) is 30.7 Å². The Morgan fingerprint density at radius 1 is 1.53 bits per heavy atom. The zero-order chi connectivity index (χ0) is 14.3. The maximum atomic E-state index is 12.5. The summed E-state index contributed by atoms with van der Waals surface area (Å²) in [5.74, 6) is 6.10. The highest BCUT2D eigenvalue weighted by atomic mass is 16.2. The maximum Gasteiger partial charge on any atom is 0.255 e. The molecule has 0 aliphatic rings. The average Bonchev–Trinajstić information content (AvgIpc) is 2.41. The van der Waals surface area contributed by atoms with Crippen molar-refractivity contribution >= 4 is 5.91 Å². The van der Waals surface area contributed by atoms with E-state index >= 15 is 0 Å². The number of amides is 1. The fourth-order valence-corrected chi connectivity index (χ4v) is 1.79. The normalized spacial score (nSPS) is 9.95. The molecule has 1 rings (SSSR count). The molecule has 0 saturated carbocycles. The average molecular weight is 259 g/mol. The second kappa shape index (κ2) is 7.55. The van der Waals surface area contributed by atoms with Crippen molar-refractivity contribution in [2.24, 2.45) is 11.7 Å². The predicted octanol–water partition coefficient (Wildman–Crippen LogP) is 1.51. The molecule has 0 aliphatic carbocycles. The van der Waals surface area contributed by atoms with Crippen molar-refractivity contribution in [3.63, 3.8) is 0 Å². The van der Waals surface area contributed by atoms with Crippen LogP contribution < -0.4 is 5.73 Å². The summed E-state index contributed by atoms with van der Waals surface area (Å²) in [5, 5.41) is 0. The van der Waals surface area contributed by atoms with E-state index in [0.717, 1.165) is 6.54 Å². The second-order valence-corrected chi connectivity index (χ2v) is 4.66. The first-order valence-electron chi connectivity index (χ1n) is 6.52. The molecule has 1 heterocycles. The van der Waals surface area contributed by atoms with E-state index in [0.29, 0.717) is 23.6 Å². The zero-order valence-electron chi connectivity index (χ0n) is 11.8. The second-order valence-electron chi connectivity index (χ2n) is 4.66.